The SMILES string of the molecule is COCCCCO.CS(=O)(=O)O. The minimum atomic E-state index is -3.67. The number of methoxy groups -OCH3 is 1. The Hall–Kier alpha value is -0.170. The maximum atomic E-state index is 9.19. The van der Waals surface area contributed by atoms with Crippen LogP contribution in [0.5, 0.6) is 0 Å². The minimum Gasteiger partial charge on any atom is -0.396 e. The molecule has 12 heavy (non-hydrogen) atoms. The van der Waals surface area contributed by atoms with Crippen molar-refractivity contribution >= 4 is 10.1 Å². The molecule has 0 unspecified atom stereocenters. The van der Waals surface area contributed by atoms with E-state index in [-0.39, 0.29) is 6.61 Å². The summed E-state index contributed by atoms with van der Waals surface area (Å²) in [4.78, 5) is 0. The van der Waals surface area contributed by atoms with Gasteiger partial charge in [-0.2, -0.15) is 8.42 Å². The first kappa shape index (κ1) is 14.4. The van der Waals surface area contributed by atoms with E-state index in [0.29, 0.717) is 6.26 Å². The third kappa shape index (κ3) is 52.2. The number of unbranched alkanes of at least 4 members (excludes halogenated alkanes) is 1. The van der Waals surface area contributed by atoms with Crippen LogP contribution in [0.15, 0.2) is 0 Å². The Bertz CT molecular complexity index is 151. The van der Waals surface area contributed by atoms with Crippen LogP contribution in [0, 0.1) is 0 Å². The number of aliphatic hydroxyl groups excluding tert-OH is 1. The summed E-state index contributed by atoms with van der Waals surface area (Å²) in [6, 6.07) is 0. The fraction of sp³-hybridized carbons (Fsp3) is 1.00. The molecule has 0 aromatic carbocycles. The van der Waals surface area contributed by atoms with E-state index in [9.17, 15) is 8.42 Å². The molecule has 0 radical (unpaired) electrons. The lowest BCUT2D eigenvalue weighted by Gasteiger charge is -1.92. The normalized spacial score (nSPS) is 10.3. The second kappa shape index (κ2) is 8.92. The molecular formula is C6H16O5S. The Morgan fingerprint density at radius 3 is 2.00 bits per heavy atom. The van der Waals surface area contributed by atoms with Crippen molar-refractivity contribution in [3.05, 3.63) is 0 Å². The predicted molar refractivity (Wildman–Crippen MR) is 45.7 cm³/mol. The second-order valence-corrected chi connectivity index (χ2v) is 3.62. The monoisotopic (exact) mass is 200 g/mol. The fourth-order valence-corrected chi connectivity index (χ4v) is 0.358. The van der Waals surface area contributed by atoms with Crippen molar-refractivity contribution in [1.29, 1.82) is 0 Å². The maximum absolute atomic E-state index is 9.19. The van der Waals surface area contributed by atoms with Gasteiger partial charge in [0.25, 0.3) is 10.1 Å². The zero-order valence-corrected chi connectivity index (χ0v) is 8.17. The summed E-state index contributed by atoms with van der Waals surface area (Å²) in [7, 11) is -2.00. The predicted octanol–water partition coefficient (Wildman–Crippen LogP) is -0.0907. The van der Waals surface area contributed by atoms with Gasteiger partial charge in [-0.05, 0) is 12.8 Å². The van der Waals surface area contributed by atoms with Gasteiger partial charge in [-0.1, -0.05) is 0 Å². The van der Waals surface area contributed by atoms with Crippen LogP contribution in [-0.4, -0.2) is 44.7 Å². The zero-order valence-electron chi connectivity index (χ0n) is 7.36. The average Bonchev–Trinajstić information content (AvgIpc) is 1.85. The van der Waals surface area contributed by atoms with E-state index in [0.717, 1.165) is 19.4 Å². The lowest BCUT2D eigenvalue weighted by molar-refractivity contribution is 0.181. The van der Waals surface area contributed by atoms with Crippen molar-refractivity contribution in [2.75, 3.05) is 26.6 Å². The molecule has 0 amide bonds. The molecule has 2 N–H and O–H groups in total. The Labute approximate surface area is 73.1 Å². The molecule has 0 saturated heterocycles. The summed E-state index contributed by atoms with van der Waals surface area (Å²) >= 11 is 0. The van der Waals surface area contributed by atoms with Crippen LogP contribution in [0.1, 0.15) is 12.8 Å². The first-order chi connectivity index (χ1) is 5.41. The highest BCUT2D eigenvalue weighted by atomic mass is 32.2. The van der Waals surface area contributed by atoms with E-state index in [1.165, 1.54) is 0 Å². The molecule has 0 bridgehead atoms. The third-order valence-corrected chi connectivity index (χ3v) is 0.757. The van der Waals surface area contributed by atoms with Crippen LogP contribution in [0.3, 0.4) is 0 Å². The molecule has 76 valence electrons. The van der Waals surface area contributed by atoms with Crippen LogP contribution in [0.2, 0.25) is 0 Å². The molecule has 0 aromatic heterocycles. The van der Waals surface area contributed by atoms with Gasteiger partial charge in [-0.3, -0.25) is 4.55 Å². The minimum absolute atomic E-state index is 0.281. The van der Waals surface area contributed by atoms with E-state index in [1.54, 1.807) is 7.11 Å². The first-order valence-electron chi connectivity index (χ1n) is 3.44. The Balaban J connectivity index is 0. The van der Waals surface area contributed by atoms with Gasteiger partial charge in [0.2, 0.25) is 0 Å². The Kier molecular flexibility index (Phi) is 10.7. The molecule has 0 aliphatic rings. The van der Waals surface area contributed by atoms with Crippen LogP contribution >= 0.6 is 0 Å². The molecule has 0 spiro atoms. The highest BCUT2D eigenvalue weighted by Gasteiger charge is 1.81. The molecule has 6 heteroatoms. The molecule has 0 aromatic rings. The Morgan fingerprint density at radius 2 is 1.75 bits per heavy atom. The van der Waals surface area contributed by atoms with Gasteiger partial charge in [0.15, 0.2) is 0 Å². The lowest BCUT2D eigenvalue weighted by Crippen LogP contribution is -1.89. The van der Waals surface area contributed by atoms with Crippen LogP contribution in [0.4, 0.5) is 0 Å². The number of hydrogen-bond acceptors (Lipinski definition) is 4. The summed E-state index contributed by atoms with van der Waals surface area (Å²) in [6.07, 6.45) is 2.54. The second-order valence-electron chi connectivity index (χ2n) is 2.16. The molecule has 0 heterocycles. The van der Waals surface area contributed by atoms with Crippen molar-refractivity contribution in [3.8, 4) is 0 Å². The van der Waals surface area contributed by atoms with Gasteiger partial charge in [0, 0.05) is 20.3 Å². The molecule has 0 aliphatic heterocycles. The summed E-state index contributed by atoms with van der Waals surface area (Å²) < 4.78 is 30.6. The van der Waals surface area contributed by atoms with Crippen molar-refractivity contribution < 1.29 is 22.8 Å². The van der Waals surface area contributed by atoms with Crippen molar-refractivity contribution in [3.63, 3.8) is 0 Å². The molecular weight excluding hydrogens is 184 g/mol. The van der Waals surface area contributed by atoms with Gasteiger partial charge in [-0.15, -0.1) is 0 Å². The summed E-state index contributed by atoms with van der Waals surface area (Å²) in [5.74, 6) is 0. The number of ether oxygens (including phenoxy) is 1. The lowest BCUT2D eigenvalue weighted by atomic mass is 10.3. The molecule has 5 nitrogen and oxygen atoms in total. The quantitative estimate of drug-likeness (QED) is 0.489. The van der Waals surface area contributed by atoms with Gasteiger partial charge in [0.05, 0.1) is 6.26 Å². The third-order valence-electron chi connectivity index (χ3n) is 0.757. The average molecular weight is 200 g/mol. The number of hydrogen-bond donors (Lipinski definition) is 2. The molecule has 0 atom stereocenters. The number of rotatable bonds is 4. The van der Waals surface area contributed by atoms with Crippen LogP contribution in [-0.2, 0) is 14.9 Å². The Morgan fingerprint density at radius 1 is 1.33 bits per heavy atom. The van der Waals surface area contributed by atoms with Gasteiger partial charge in [0.1, 0.15) is 0 Å². The molecule has 0 aliphatic carbocycles. The van der Waals surface area contributed by atoms with Gasteiger partial charge < -0.3 is 9.84 Å². The standard InChI is InChI=1S/C5H12O2.CH4O3S/c1-7-5-3-2-4-6;1-5(2,3)4/h6H,2-5H2,1H3;1H3,(H,2,3,4). The zero-order chi connectivity index (χ0) is 10.0. The largest absolute Gasteiger partial charge is 0.396 e. The number of aliphatic hydroxyl groups is 1. The van der Waals surface area contributed by atoms with Crippen LogP contribution < -0.4 is 0 Å². The summed E-state index contributed by atoms with van der Waals surface area (Å²) in [5, 5.41) is 8.24. The first-order valence-corrected chi connectivity index (χ1v) is 5.29. The molecule has 0 rings (SSSR count). The van der Waals surface area contributed by atoms with E-state index in [4.69, 9.17) is 14.4 Å². The van der Waals surface area contributed by atoms with E-state index in [2.05, 4.69) is 0 Å². The van der Waals surface area contributed by atoms with Gasteiger partial charge in [-0.25, -0.2) is 0 Å². The van der Waals surface area contributed by atoms with Crippen molar-refractivity contribution in [2.45, 2.75) is 12.8 Å². The molecule has 0 saturated carbocycles. The van der Waals surface area contributed by atoms with E-state index >= 15 is 0 Å². The smallest absolute Gasteiger partial charge is 0.261 e. The van der Waals surface area contributed by atoms with Crippen molar-refractivity contribution in [2.24, 2.45) is 0 Å². The highest BCUT2D eigenvalue weighted by Crippen LogP contribution is 1.84. The molecule has 0 fully saturated rings. The summed E-state index contributed by atoms with van der Waals surface area (Å²) in [5.41, 5.74) is 0. The maximum Gasteiger partial charge on any atom is 0.261 e. The summed E-state index contributed by atoms with van der Waals surface area (Å²) in [6.45, 7) is 1.05. The van der Waals surface area contributed by atoms with Crippen molar-refractivity contribution in [1.82, 2.24) is 0 Å². The van der Waals surface area contributed by atoms with E-state index < -0.39 is 10.1 Å². The van der Waals surface area contributed by atoms with Crippen LogP contribution in [0.25, 0.3) is 0 Å². The van der Waals surface area contributed by atoms with Gasteiger partial charge >= 0.3 is 0 Å². The topological polar surface area (TPSA) is 83.8 Å². The fourth-order valence-electron chi connectivity index (χ4n) is 0.358. The highest BCUT2D eigenvalue weighted by molar-refractivity contribution is 7.85. The van der Waals surface area contributed by atoms with E-state index in [1.807, 2.05) is 0 Å².